The molecule has 0 amide bonds. The molecular weight excluding hydrogens is 516 g/mol. The topological polar surface area (TPSA) is 183 Å². The zero-order valence-electron chi connectivity index (χ0n) is 22.7. The fourth-order valence-corrected chi connectivity index (χ4v) is 4.67. The number of carbonyl (C=O) groups excluding carboxylic acids is 5. The van der Waals surface area contributed by atoms with E-state index in [0.29, 0.717) is 12.8 Å². The number of fused-ring (bicyclic) bond motifs is 3. The molecule has 4 unspecified atom stereocenters. The zero-order valence-corrected chi connectivity index (χ0v) is 22.7. The van der Waals surface area contributed by atoms with Crippen LogP contribution in [-0.2, 0) is 42.9 Å². The highest BCUT2D eigenvalue weighted by Crippen LogP contribution is 2.37. The van der Waals surface area contributed by atoms with E-state index in [4.69, 9.17) is 19.3 Å². The van der Waals surface area contributed by atoms with E-state index in [2.05, 4.69) is 11.7 Å². The minimum Gasteiger partial charge on any atom is -0.453 e. The summed E-state index contributed by atoms with van der Waals surface area (Å²) in [5.74, 6) is -10.2. The molecule has 39 heavy (non-hydrogen) atoms. The largest absolute Gasteiger partial charge is 0.453 e. The van der Waals surface area contributed by atoms with Crippen LogP contribution >= 0.6 is 0 Å². The van der Waals surface area contributed by atoms with Gasteiger partial charge in [0.15, 0.2) is 17.8 Å². The lowest BCUT2D eigenvalue weighted by Crippen LogP contribution is -2.60. The molecule has 12 nitrogen and oxygen atoms in total. The molecule has 0 spiro atoms. The molecule has 2 aliphatic heterocycles. The Bertz CT molecular complexity index is 858. The SMILES string of the molecule is CCCCCCCCCCCCCCCC1OC(=O)CC2(O)CC(=O)OC1(C(=O)OC(=O)C(O)CO)OC2=O. The average Bonchev–Trinajstić information content (AvgIpc) is 2.95. The van der Waals surface area contributed by atoms with Crippen LogP contribution in [0.1, 0.15) is 110 Å². The van der Waals surface area contributed by atoms with Gasteiger partial charge in [-0.05, 0) is 12.8 Å². The van der Waals surface area contributed by atoms with E-state index < -0.39 is 72.9 Å². The van der Waals surface area contributed by atoms with E-state index in [0.717, 1.165) is 25.7 Å². The van der Waals surface area contributed by atoms with Crippen molar-refractivity contribution < 1.29 is 58.2 Å². The Kier molecular flexibility index (Phi) is 13.3. The molecule has 4 atom stereocenters. The van der Waals surface area contributed by atoms with Crippen molar-refractivity contribution in [3.63, 3.8) is 0 Å². The fraction of sp³-hybridized carbons (Fsp3) is 0.815. The van der Waals surface area contributed by atoms with Gasteiger partial charge in [-0.15, -0.1) is 0 Å². The Morgan fingerprint density at radius 2 is 1.38 bits per heavy atom. The predicted octanol–water partition coefficient (Wildman–Crippen LogP) is 2.12. The molecule has 222 valence electrons. The van der Waals surface area contributed by atoms with Gasteiger partial charge in [-0.25, -0.2) is 14.4 Å². The Labute approximate surface area is 228 Å². The van der Waals surface area contributed by atoms with Crippen molar-refractivity contribution in [1.29, 1.82) is 0 Å². The van der Waals surface area contributed by atoms with Crippen molar-refractivity contribution in [2.45, 2.75) is 133 Å². The fourth-order valence-electron chi connectivity index (χ4n) is 4.67. The molecule has 2 rings (SSSR count). The first kappa shape index (κ1) is 32.6. The summed E-state index contributed by atoms with van der Waals surface area (Å²) in [6, 6.07) is 0. The van der Waals surface area contributed by atoms with Gasteiger partial charge in [-0.3, -0.25) is 9.59 Å². The van der Waals surface area contributed by atoms with E-state index in [1.54, 1.807) is 0 Å². The summed E-state index contributed by atoms with van der Waals surface area (Å²) in [7, 11) is 0. The average molecular weight is 559 g/mol. The van der Waals surface area contributed by atoms with Crippen LogP contribution in [0.25, 0.3) is 0 Å². The van der Waals surface area contributed by atoms with Gasteiger partial charge in [-0.1, -0.05) is 84.0 Å². The Hall–Kier alpha value is -2.57. The lowest BCUT2D eigenvalue weighted by Gasteiger charge is -2.36. The summed E-state index contributed by atoms with van der Waals surface area (Å²) in [5, 5.41) is 28.9. The summed E-state index contributed by atoms with van der Waals surface area (Å²) in [5.41, 5.74) is -2.63. The summed E-state index contributed by atoms with van der Waals surface area (Å²) in [4.78, 5) is 62.6. The second kappa shape index (κ2) is 15.9. The van der Waals surface area contributed by atoms with Gasteiger partial charge >= 0.3 is 35.6 Å². The maximum Gasteiger partial charge on any atom is 0.405 e. The van der Waals surface area contributed by atoms with Crippen LogP contribution < -0.4 is 0 Å². The van der Waals surface area contributed by atoms with Crippen LogP contribution in [0.4, 0.5) is 0 Å². The molecular formula is C27H42O12. The number of rotatable bonds is 17. The molecule has 2 bridgehead atoms. The van der Waals surface area contributed by atoms with Crippen LogP contribution in [0.3, 0.4) is 0 Å². The minimum absolute atomic E-state index is 0.0890. The standard InChI is InChI=1S/C27H42O12/c1-2-3-4-5-6-7-8-9-10-11-12-13-14-15-20-27(25(34)37-23(32)19(29)18-28)38-22(31)17-26(35,24(33)39-27)16-21(30)36-20/h19-20,28-29,35H,2-18H2,1H3. The van der Waals surface area contributed by atoms with Crippen molar-refractivity contribution in [2.24, 2.45) is 0 Å². The molecule has 0 aromatic carbocycles. The number of hydrogen-bond acceptors (Lipinski definition) is 12. The van der Waals surface area contributed by atoms with Gasteiger partial charge in [0.05, 0.1) is 19.4 Å². The van der Waals surface area contributed by atoms with Crippen LogP contribution in [-0.4, -0.2) is 75.4 Å². The smallest absolute Gasteiger partial charge is 0.405 e. The number of aliphatic hydroxyl groups excluding tert-OH is 2. The molecule has 2 aliphatic rings. The van der Waals surface area contributed by atoms with Crippen molar-refractivity contribution >= 4 is 29.8 Å². The Morgan fingerprint density at radius 1 is 0.872 bits per heavy atom. The first-order chi connectivity index (χ1) is 18.6. The second-order valence-corrected chi connectivity index (χ2v) is 10.3. The highest BCUT2D eigenvalue weighted by Gasteiger charge is 2.65. The third-order valence-corrected chi connectivity index (χ3v) is 6.95. The van der Waals surface area contributed by atoms with Gasteiger partial charge in [0, 0.05) is 0 Å². The first-order valence-corrected chi connectivity index (χ1v) is 14.0. The lowest BCUT2D eigenvalue weighted by molar-refractivity contribution is -0.271. The number of carbonyl (C=O) groups is 5. The maximum atomic E-state index is 13.0. The van der Waals surface area contributed by atoms with E-state index in [1.807, 2.05) is 0 Å². The highest BCUT2D eigenvalue weighted by molar-refractivity contribution is 5.99. The Morgan fingerprint density at radius 3 is 1.92 bits per heavy atom. The highest BCUT2D eigenvalue weighted by atomic mass is 16.8. The van der Waals surface area contributed by atoms with E-state index in [1.165, 1.54) is 44.9 Å². The third kappa shape index (κ3) is 9.54. The maximum absolute atomic E-state index is 13.0. The number of cyclic esters (lactones) is 1. The van der Waals surface area contributed by atoms with E-state index in [-0.39, 0.29) is 6.42 Å². The monoisotopic (exact) mass is 558 g/mol. The molecule has 0 aromatic rings. The molecule has 0 aromatic heterocycles. The molecule has 12 heteroatoms. The molecule has 2 fully saturated rings. The van der Waals surface area contributed by atoms with Gasteiger partial charge in [0.1, 0.15) is 0 Å². The zero-order chi connectivity index (χ0) is 28.9. The Balaban J connectivity index is 1.98. The van der Waals surface area contributed by atoms with Gasteiger partial charge in [0.25, 0.3) is 0 Å². The molecule has 3 N–H and O–H groups in total. The second-order valence-electron chi connectivity index (χ2n) is 10.3. The van der Waals surface area contributed by atoms with Crippen molar-refractivity contribution in [3.05, 3.63) is 0 Å². The lowest BCUT2D eigenvalue weighted by atomic mass is 9.95. The predicted molar refractivity (Wildman–Crippen MR) is 133 cm³/mol. The van der Waals surface area contributed by atoms with Crippen LogP contribution in [0.2, 0.25) is 0 Å². The van der Waals surface area contributed by atoms with E-state index >= 15 is 0 Å². The summed E-state index contributed by atoms with van der Waals surface area (Å²) in [6.45, 7) is 1.13. The minimum atomic E-state index is -3.00. The summed E-state index contributed by atoms with van der Waals surface area (Å²) >= 11 is 0. The van der Waals surface area contributed by atoms with Crippen molar-refractivity contribution in [2.75, 3.05) is 6.61 Å². The number of aliphatic hydroxyl groups is 3. The third-order valence-electron chi connectivity index (χ3n) is 6.95. The van der Waals surface area contributed by atoms with Gasteiger partial charge < -0.3 is 34.3 Å². The van der Waals surface area contributed by atoms with Crippen LogP contribution in [0.5, 0.6) is 0 Å². The molecule has 2 saturated heterocycles. The van der Waals surface area contributed by atoms with Crippen LogP contribution in [0.15, 0.2) is 0 Å². The first-order valence-electron chi connectivity index (χ1n) is 14.0. The summed E-state index contributed by atoms with van der Waals surface area (Å²) in [6.07, 6.45) is 8.18. The normalized spacial score (nSPS) is 25.5. The number of esters is 5. The molecule has 0 aliphatic carbocycles. The van der Waals surface area contributed by atoms with Gasteiger partial charge in [-0.2, -0.15) is 0 Å². The molecule has 0 radical (unpaired) electrons. The molecule has 2 heterocycles. The number of unbranched alkanes of at least 4 members (excludes halogenated alkanes) is 12. The number of ether oxygens (including phenoxy) is 4. The van der Waals surface area contributed by atoms with Crippen molar-refractivity contribution in [3.8, 4) is 0 Å². The number of hydrogen-bond donors (Lipinski definition) is 3. The van der Waals surface area contributed by atoms with Crippen LogP contribution in [0, 0.1) is 0 Å². The quantitative estimate of drug-likeness (QED) is 0.102. The molecule has 0 saturated carbocycles. The van der Waals surface area contributed by atoms with Gasteiger partial charge in [0.2, 0.25) is 0 Å². The summed E-state index contributed by atoms with van der Waals surface area (Å²) < 4.78 is 20.0. The van der Waals surface area contributed by atoms with E-state index in [9.17, 15) is 34.2 Å². The van der Waals surface area contributed by atoms with Crippen molar-refractivity contribution in [1.82, 2.24) is 0 Å².